The van der Waals surface area contributed by atoms with Crippen molar-refractivity contribution in [1.29, 1.82) is 0 Å². The molecule has 2 N–H and O–H groups in total. The lowest BCUT2D eigenvalue weighted by Crippen LogP contribution is -2.30. The largest absolute Gasteiger partial charge is 0.481 e. The Morgan fingerprint density at radius 1 is 1.25 bits per heavy atom. The van der Waals surface area contributed by atoms with E-state index in [2.05, 4.69) is 4.72 Å². The monoisotopic (exact) mass is 352 g/mol. The number of carboxylic acids is 1. The summed E-state index contributed by atoms with van der Waals surface area (Å²) < 4.78 is 27.1. The fourth-order valence-corrected chi connectivity index (χ4v) is 3.92. The van der Waals surface area contributed by atoms with Gasteiger partial charge in [-0.2, -0.15) is 0 Å². The molecule has 0 radical (unpaired) electrons. The van der Waals surface area contributed by atoms with Crippen molar-refractivity contribution in [1.82, 2.24) is 9.62 Å². The van der Waals surface area contributed by atoms with Crippen LogP contribution < -0.4 is 4.72 Å². The number of amides is 1. The van der Waals surface area contributed by atoms with Gasteiger partial charge in [-0.15, -0.1) is 0 Å². The molecule has 1 heterocycles. The first-order valence-corrected chi connectivity index (χ1v) is 9.47. The summed E-state index contributed by atoms with van der Waals surface area (Å²) in [6, 6.07) is 5.89. The molecule has 1 aromatic rings. The van der Waals surface area contributed by atoms with Gasteiger partial charge in [0.15, 0.2) is 0 Å². The van der Waals surface area contributed by atoms with Crippen LogP contribution >= 0.6 is 0 Å². The number of benzene rings is 1. The fraction of sp³-hybridized carbons (Fsp3) is 0.500. The maximum Gasteiger partial charge on any atom is 0.308 e. The maximum atomic E-state index is 12.5. The molecule has 7 nitrogen and oxygen atoms in total. The van der Waals surface area contributed by atoms with Gasteiger partial charge < -0.3 is 10.0 Å². The molecular formula is C16H20N2O5S. The SMILES string of the molecule is O=C(O)C1CCN(C(=O)c2cccc(S(=O)(=O)NCC3CC3)c2)C1. The molecule has 0 aromatic heterocycles. The van der Waals surface area contributed by atoms with E-state index in [1.807, 2.05) is 0 Å². The molecule has 24 heavy (non-hydrogen) atoms. The summed E-state index contributed by atoms with van der Waals surface area (Å²) in [6.07, 6.45) is 2.50. The van der Waals surface area contributed by atoms with Crippen LogP contribution in [-0.4, -0.2) is 49.9 Å². The highest BCUT2D eigenvalue weighted by molar-refractivity contribution is 7.89. The first-order chi connectivity index (χ1) is 11.4. The van der Waals surface area contributed by atoms with E-state index in [0.717, 1.165) is 12.8 Å². The summed E-state index contributed by atoms with van der Waals surface area (Å²) in [5.41, 5.74) is 0.260. The lowest BCUT2D eigenvalue weighted by atomic mass is 10.1. The van der Waals surface area contributed by atoms with Crippen LogP contribution in [0.5, 0.6) is 0 Å². The summed E-state index contributed by atoms with van der Waals surface area (Å²) in [6.45, 7) is 0.949. The van der Waals surface area contributed by atoms with E-state index in [0.29, 0.717) is 25.4 Å². The summed E-state index contributed by atoms with van der Waals surface area (Å²) in [5, 5.41) is 9.02. The van der Waals surface area contributed by atoms with Gasteiger partial charge in [0.25, 0.3) is 5.91 Å². The predicted octanol–water partition coefficient (Wildman–Crippen LogP) is 0.922. The maximum absolute atomic E-state index is 12.5. The smallest absolute Gasteiger partial charge is 0.308 e. The molecule has 1 unspecified atom stereocenters. The van der Waals surface area contributed by atoms with Gasteiger partial charge in [0.1, 0.15) is 0 Å². The van der Waals surface area contributed by atoms with Crippen molar-refractivity contribution in [3.63, 3.8) is 0 Å². The summed E-state index contributed by atoms with van der Waals surface area (Å²) in [5.74, 6) is -1.38. The summed E-state index contributed by atoms with van der Waals surface area (Å²) in [7, 11) is -3.63. The Kier molecular flexibility index (Phi) is 4.60. The molecule has 1 atom stereocenters. The van der Waals surface area contributed by atoms with Crippen LogP contribution in [0.25, 0.3) is 0 Å². The van der Waals surface area contributed by atoms with Crippen LogP contribution in [-0.2, 0) is 14.8 Å². The number of aliphatic carboxylic acids is 1. The van der Waals surface area contributed by atoms with Crippen molar-refractivity contribution in [2.24, 2.45) is 11.8 Å². The molecule has 2 aliphatic rings. The molecule has 130 valence electrons. The number of carbonyl (C=O) groups excluding carboxylic acids is 1. The zero-order chi connectivity index (χ0) is 17.3. The van der Waals surface area contributed by atoms with Crippen LogP contribution in [0, 0.1) is 11.8 Å². The molecule has 8 heteroatoms. The van der Waals surface area contributed by atoms with E-state index in [4.69, 9.17) is 5.11 Å². The highest BCUT2D eigenvalue weighted by Crippen LogP contribution is 2.28. The number of rotatable bonds is 6. The Balaban J connectivity index is 1.72. The van der Waals surface area contributed by atoms with E-state index in [1.165, 1.54) is 23.1 Å². The van der Waals surface area contributed by atoms with E-state index >= 15 is 0 Å². The van der Waals surface area contributed by atoms with Gasteiger partial charge >= 0.3 is 5.97 Å². The molecule has 1 saturated heterocycles. The Labute approximate surface area is 140 Å². The van der Waals surface area contributed by atoms with E-state index in [9.17, 15) is 18.0 Å². The van der Waals surface area contributed by atoms with Crippen LogP contribution in [0.1, 0.15) is 29.6 Å². The average molecular weight is 352 g/mol. The van der Waals surface area contributed by atoms with Gasteiger partial charge in [-0.3, -0.25) is 9.59 Å². The minimum absolute atomic E-state index is 0.0583. The van der Waals surface area contributed by atoms with Crippen molar-refractivity contribution in [2.75, 3.05) is 19.6 Å². The number of likely N-dealkylation sites (tertiary alicyclic amines) is 1. The Morgan fingerprint density at radius 2 is 2.00 bits per heavy atom. The molecule has 0 spiro atoms. The zero-order valence-corrected chi connectivity index (χ0v) is 14.0. The normalized spacial score (nSPS) is 21.0. The number of sulfonamides is 1. The van der Waals surface area contributed by atoms with Crippen molar-refractivity contribution < 1.29 is 23.1 Å². The predicted molar refractivity (Wildman–Crippen MR) is 86.0 cm³/mol. The molecule has 1 aliphatic heterocycles. The van der Waals surface area contributed by atoms with Crippen molar-refractivity contribution >= 4 is 21.9 Å². The molecule has 1 aliphatic carbocycles. The van der Waals surface area contributed by atoms with Crippen LogP contribution in [0.2, 0.25) is 0 Å². The molecule has 3 rings (SSSR count). The van der Waals surface area contributed by atoms with Crippen molar-refractivity contribution in [2.45, 2.75) is 24.2 Å². The third-order valence-corrected chi connectivity index (χ3v) is 5.90. The first-order valence-electron chi connectivity index (χ1n) is 7.98. The highest BCUT2D eigenvalue weighted by Gasteiger charge is 2.31. The van der Waals surface area contributed by atoms with Crippen molar-refractivity contribution in [3.8, 4) is 0 Å². The summed E-state index contributed by atoms with van der Waals surface area (Å²) in [4.78, 5) is 25.0. The minimum atomic E-state index is -3.63. The number of hydrogen-bond donors (Lipinski definition) is 2. The lowest BCUT2D eigenvalue weighted by molar-refractivity contribution is -0.141. The number of carboxylic acid groups (broad SMARTS) is 1. The zero-order valence-electron chi connectivity index (χ0n) is 13.1. The third-order valence-electron chi connectivity index (χ3n) is 4.47. The van der Waals surface area contributed by atoms with E-state index < -0.39 is 21.9 Å². The van der Waals surface area contributed by atoms with Gasteiger partial charge in [-0.1, -0.05) is 6.07 Å². The third kappa shape index (κ3) is 3.76. The number of nitrogens with one attached hydrogen (secondary N) is 1. The quantitative estimate of drug-likeness (QED) is 0.792. The molecule has 0 bridgehead atoms. The Morgan fingerprint density at radius 3 is 2.62 bits per heavy atom. The first kappa shape index (κ1) is 16.9. The van der Waals surface area contributed by atoms with Crippen molar-refractivity contribution in [3.05, 3.63) is 29.8 Å². The molecular weight excluding hydrogens is 332 g/mol. The van der Waals surface area contributed by atoms with Crippen LogP contribution in [0.4, 0.5) is 0 Å². The topological polar surface area (TPSA) is 104 Å². The van der Waals surface area contributed by atoms with E-state index in [-0.39, 0.29) is 22.9 Å². The van der Waals surface area contributed by atoms with Gasteiger partial charge in [0.05, 0.1) is 10.8 Å². The van der Waals surface area contributed by atoms with Gasteiger partial charge in [0.2, 0.25) is 10.0 Å². The second-order valence-electron chi connectivity index (χ2n) is 6.40. The minimum Gasteiger partial charge on any atom is -0.481 e. The number of carbonyl (C=O) groups is 2. The average Bonchev–Trinajstić information content (AvgIpc) is 3.26. The number of hydrogen-bond acceptors (Lipinski definition) is 4. The van der Waals surface area contributed by atoms with Gasteiger partial charge in [0, 0.05) is 25.2 Å². The standard InChI is InChI=1S/C16H20N2O5S/c19-15(18-7-6-13(10-18)16(20)21)12-2-1-3-14(8-12)24(22,23)17-9-11-4-5-11/h1-3,8,11,13,17H,4-7,9-10H2,(H,20,21). The fourth-order valence-electron chi connectivity index (χ4n) is 2.76. The van der Waals surface area contributed by atoms with E-state index in [1.54, 1.807) is 6.07 Å². The Bertz CT molecular complexity index is 757. The second-order valence-corrected chi connectivity index (χ2v) is 8.17. The second kappa shape index (κ2) is 6.52. The van der Waals surface area contributed by atoms with Crippen LogP contribution in [0.15, 0.2) is 29.2 Å². The van der Waals surface area contributed by atoms with Crippen LogP contribution in [0.3, 0.4) is 0 Å². The van der Waals surface area contributed by atoms with Gasteiger partial charge in [-0.05, 0) is 43.4 Å². The lowest BCUT2D eigenvalue weighted by Gasteiger charge is -2.16. The molecule has 1 aromatic carbocycles. The Hall–Kier alpha value is -1.93. The molecule has 2 fully saturated rings. The molecule has 1 saturated carbocycles. The highest BCUT2D eigenvalue weighted by atomic mass is 32.2. The molecule has 1 amide bonds. The van der Waals surface area contributed by atoms with Gasteiger partial charge in [-0.25, -0.2) is 13.1 Å². The summed E-state index contributed by atoms with van der Waals surface area (Å²) >= 11 is 0. The number of nitrogens with zero attached hydrogens (tertiary/aromatic N) is 1.